The Morgan fingerprint density at radius 3 is 3.05 bits per heavy atom. The molecule has 2 atom stereocenters. The summed E-state index contributed by atoms with van der Waals surface area (Å²) in [6.45, 7) is -0.296. The van der Waals surface area contributed by atoms with Crippen molar-refractivity contribution in [3.05, 3.63) is 35.1 Å². The van der Waals surface area contributed by atoms with Crippen molar-refractivity contribution in [3.8, 4) is 11.8 Å². The van der Waals surface area contributed by atoms with E-state index in [-0.39, 0.29) is 24.1 Å². The zero-order valence-corrected chi connectivity index (χ0v) is 12.7. The molecule has 2 N–H and O–H groups in total. The van der Waals surface area contributed by atoms with Crippen LogP contribution in [0.25, 0.3) is 0 Å². The normalized spacial score (nSPS) is 20.7. The number of rotatable bonds is 3. The first-order valence-electron chi connectivity index (χ1n) is 6.88. The molecule has 0 spiro atoms. The smallest absolute Gasteiger partial charge is 0.252 e. The second-order valence-corrected chi connectivity index (χ2v) is 6.01. The monoisotopic (exact) mass is 307 g/mol. The lowest BCUT2D eigenvalue weighted by Gasteiger charge is -2.19. The van der Waals surface area contributed by atoms with Crippen LogP contribution in [0.5, 0.6) is 0 Å². The van der Waals surface area contributed by atoms with Crippen LogP contribution in [0, 0.1) is 17.7 Å². The fourth-order valence-corrected chi connectivity index (χ4v) is 3.50. The van der Waals surface area contributed by atoms with E-state index in [1.807, 2.05) is 6.26 Å². The Balaban J connectivity index is 2.20. The number of halogens is 1. The van der Waals surface area contributed by atoms with Crippen LogP contribution < -0.4 is 5.32 Å². The van der Waals surface area contributed by atoms with E-state index in [0.29, 0.717) is 10.8 Å². The highest BCUT2D eigenvalue weighted by molar-refractivity contribution is 7.99. The first kappa shape index (κ1) is 15.9. The molecular formula is C16H18FNO2S. The van der Waals surface area contributed by atoms with Crippen LogP contribution in [-0.4, -0.2) is 35.2 Å². The quantitative estimate of drug-likeness (QED) is 0.842. The lowest BCUT2D eigenvalue weighted by atomic mass is 10.1. The number of nitrogens with one attached hydrogen (secondary N) is 1. The molecule has 21 heavy (non-hydrogen) atoms. The minimum Gasteiger partial charge on any atom is -0.384 e. The molecule has 3 nitrogen and oxygen atoms in total. The van der Waals surface area contributed by atoms with Gasteiger partial charge in [-0.3, -0.25) is 4.79 Å². The maximum absolute atomic E-state index is 13.4. The minimum absolute atomic E-state index is 0.120. The molecule has 1 aliphatic rings. The highest BCUT2D eigenvalue weighted by Crippen LogP contribution is 2.28. The number of benzene rings is 1. The van der Waals surface area contributed by atoms with Crippen molar-refractivity contribution in [2.45, 2.75) is 30.6 Å². The van der Waals surface area contributed by atoms with Gasteiger partial charge in [-0.15, -0.1) is 0 Å². The van der Waals surface area contributed by atoms with Crippen LogP contribution in [0.1, 0.15) is 35.2 Å². The highest BCUT2D eigenvalue weighted by Gasteiger charge is 2.28. The van der Waals surface area contributed by atoms with Gasteiger partial charge in [-0.2, -0.15) is 11.8 Å². The molecule has 1 aromatic rings. The van der Waals surface area contributed by atoms with Crippen LogP contribution in [0.4, 0.5) is 4.39 Å². The molecule has 0 heterocycles. The number of thioether (sulfide) groups is 1. The van der Waals surface area contributed by atoms with Crippen LogP contribution in [-0.2, 0) is 0 Å². The van der Waals surface area contributed by atoms with Crippen LogP contribution in [0.2, 0.25) is 0 Å². The van der Waals surface area contributed by atoms with Crippen molar-refractivity contribution in [2.75, 3.05) is 12.9 Å². The number of hydrogen-bond donors (Lipinski definition) is 2. The van der Waals surface area contributed by atoms with E-state index < -0.39 is 5.82 Å². The second kappa shape index (κ2) is 7.48. The summed E-state index contributed by atoms with van der Waals surface area (Å²) in [7, 11) is 0. The number of aliphatic hydroxyl groups excluding tert-OH is 1. The number of carbonyl (C=O) groups is 1. The van der Waals surface area contributed by atoms with Crippen molar-refractivity contribution >= 4 is 17.7 Å². The van der Waals surface area contributed by atoms with E-state index in [1.54, 1.807) is 11.8 Å². The third-order valence-electron chi connectivity index (χ3n) is 3.60. The molecule has 0 saturated heterocycles. The van der Waals surface area contributed by atoms with Crippen LogP contribution in [0.15, 0.2) is 18.2 Å². The summed E-state index contributed by atoms with van der Waals surface area (Å²) in [6, 6.07) is 4.04. The molecule has 0 aliphatic heterocycles. The molecule has 0 bridgehead atoms. The Kier molecular flexibility index (Phi) is 5.66. The molecule has 2 rings (SSSR count). The van der Waals surface area contributed by atoms with Gasteiger partial charge < -0.3 is 10.4 Å². The van der Waals surface area contributed by atoms with E-state index in [4.69, 9.17) is 5.11 Å². The molecule has 112 valence electrons. The predicted octanol–water partition coefficient (Wildman–Crippen LogP) is 2.18. The largest absolute Gasteiger partial charge is 0.384 e. The number of carbonyl (C=O) groups excluding carboxylic acids is 1. The summed E-state index contributed by atoms with van der Waals surface area (Å²) in [5, 5.41) is 12.2. The molecule has 1 amide bonds. The molecule has 5 heteroatoms. The van der Waals surface area contributed by atoms with Gasteiger partial charge in [0.2, 0.25) is 0 Å². The summed E-state index contributed by atoms with van der Waals surface area (Å²) >= 11 is 1.75. The maximum Gasteiger partial charge on any atom is 0.252 e. The Hall–Kier alpha value is -1.51. The molecule has 2 unspecified atom stereocenters. The molecule has 1 fully saturated rings. The van der Waals surface area contributed by atoms with E-state index in [2.05, 4.69) is 17.2 Å². The highest BCUT2D eigenvalue weighted by atomic mass is 32.2. The molecule has 1 aliphatic carbocycles. The van der Waals surface area contributed by atoms with Gasteiger partial charge in [-0.05, 0) is 37.3 Å². The van der Waals surface area contributed by atoms with Crippen molar-refractivity contribution in [3.63, 3.8) is 0 Å². The molecule has 0 aromatic heterocycles. The summed E-state index contributed by atoms with van der Waals surface area (Å²) in [5.74, 6) is 4.41. The average molecular weight is 307 g/mol. The van der Waals surface area contributed by atoms with E-state index in [0.717, 1.165) is 19.3 Å². The van der Waals surface area contributed by atoms with E-state index in [9.17, 15) is 9.18 Å². The first-order chi connectivity index (χ1) is 10.2. The standard InChI is InChI=1S/C16H18FNO2S/c1-21-15-6-2-5-14(15)18-16(20)13-10-12(17)8-7-11(13)4-3-9-19/h7-8,10,14-15,19H,2,5-6,9H2,1H3,(H,18,20). The summed E-state index contributed by atoms with van der Waals surface area (Å²) < 4.78 is 13.4. The summed E-state index contributed by atoms with van der Waals surface area (Å²) in [4.78, 5) is 12.4. The Labute approximate surface area is 128 Å². The lowest BCUT2D eigenvalue weighted by molar-refractivity contribution is 0.0938. The summed E-state index contributed by atoms with van der Waals surface area (Å²) in [6.07, 6.45) is 5.17. The Morgan fingerprint density at radius 1 is 1.52 bits per heavy atom. The van der Waals surface area contributed by atoms with Crippen molar-refractivity contribution in [2.24, 2.45) is 0 Å². The van der Waals surface area contributed by atoms with Crippen LogP contribution >= 0.6 is 11.8 Å². The van der Waals surface area contributed by atoms with Gasteiger partial charge in [-0.25, -0.2) is 4.39 Å². The topological polar surface area (TPSA) is 49.3 Å². The van der Waals surface area contributed by atoms with Crippen molar-refractivity contribution in [1.29, 1.82) is 0 Å². The van der Waals surface area contributed by atoms with E-state index >= 15 is 0 Å². The number of hydrogen-bond acceptors (Lipinski definition) is 3. The maximum atomic E-state index is 13.4. The van der Waals surface area contributed by atoms with Gasteiger partial charge >= 0.3 is 0 Å². The third kappa shape index (κ3) is 3.99. The van der Waals surface area contributed by atoms with Gasteiger partial charge in [0.1, 0.15) is 12.4 Å². The second-order valence-electron chi connectivity index (χ2n) is 4.93. The van der Waals surface area contributed by atoms with Crippen molar-refractivity contribution in [1.82, 2.24) is 5.32 Å². The minimum atomic E-state index is -0.470. The Bertz CT molecular complexity index is 579. The number of amides is 1. The van der Waals surface area contributed by atoms with Gasteiger partial charge in [-0.1, -0.05) is 18.3 Å². The molecular weight excluding hydrogens is 289 g/mol. The van der Waals surface area contributed by atoms with Crippen LogP contribution in [0.3, 0.4) is 0 Å². The molecule has 1 aromatic carbocycles. The number of aliphatic hydroxyl groups is 1. The van der Waals surface area contributed by atoms with Gasteiger partial charge in [0, 0.05) is 16.9 Å². The summed E-state index contributed by atoms with van der Waals surface area (Å²) in [5.41, 5.74) is 0.657. The zero-order valence-electron chi connectivity index (χ0n) is 11.9. The van der Waals surface area contributed by atoms with E-state index in [1.165, 1.54) is 18.2 Å². The molecule has 1 saturated carbocycles. The van der Waals surface area contributed by atoms with Gasteiger partial charge in [0.15, 0.2) is 0 Å². The van der Waals surface area contributed by atoms with Gasteiger partial charge in [0.05, 0.1) is 5.56 Å². The third-order valence-corrected chi connectivity index (χ3v) is 4.77. The fraction of sp³-hybridized carbons (Fsp3) is 0.438. The van der Waals surface area contributed by atoms with Gasteiger partial charge in [0.25, 0.3) is 5.91 Å². The zero-order chi connectivity index (χ0) is 15.2. The SMILES string of the molecule is CSC1CCCC1NC(=O)c1cc(F)ccc1C#CCO. The van der Waals surface area contributed by atoms with Crippen molar-refractivity contribution < 1.29 is 14.3 Å². The molecule has 0 radical (unpaired) electrons. The predicted molar refractivity (Wildman–Crippen MR) is 82.8 cm³/mol. The fourth-order valence-electron chi connectivity index (χ4n) is 2.57. The Morgan fingerprint density at radius 2 is 2.33 bits per heavy atom. The average Bonchev–Trinajstić information content (AvgIpc) is 2.93. The first-order valence-corrected chi connectivity index (χ1v) is 8.17. The lowest BCUT2D eigenvalue weighted by Crippen LogP contribution is -2.39.